The van der Waals surface area contributed by atoms with Crippen molar-refractivity contribution < 1.29 is 13.6 Å². The molecule has 4 nitrogen and oxygen atoms in total. The molecular formula is C12H12ClF2N3O. The van der Waals surface area contributed by atoms with Gasteiger partial charge in [-0.3, -0.25) is 4.79 Å². The molecule has 0 aliphatic rings. The number of rotatable bonds is 3. The lowest BCUT2D eigenvalue weighted by atomic mass is 10.0. The quantitative estimate of drug-likeness (QED) is 0.880. The Morgan fingerprint density at radius 3 is 2.63 bits per heavy atom. The van der Waals surface area contributed by atoms with E-state index in [1.807, 2.05) is 0 Å². The fraction of sp³-hybridized carbons (Fsp3) is 0.333. The molecule has 0 aliphatic heterocycles. The summed E-state index contributed by atoms with van der Waals surface area (Å²) in [5, 5.41) is 0. The van der Waals surface area contributed by atoms with E-state index in [9.17, 15) is 13.6 Å². The Bertz CT molecular complexity index is 667. The van der Waals surface area contributed by atoms with Crippen LogP contribution < -0.4 is 5.73 Å². The summed E-state index contributed by atoms with van der Waals surface area (Å²) in [6.45, 7) is 3.07. The minimum atomic E-state index is -1.20. The van der Waals surface area contributed by atoms with Gasteiger partial charge < -0.3 is 10.3 Å². The summed E-state index contributed by atoms with van der Waals surface area (Å²) in [7, 11) is 0. The van der Waals surface area contributed by atoms with E-state index in [-0.39, 0.29) is 22.7 Å². The number of primary amides is 1. The van der Waals surface area contributed by atoms with Crippen molar-refractivity contribution in [3.63, 3.8) is 0 Å². The number of carbonyl (C=O) groups excluding carboxylic acids is 1. The van der Waals surface area contributed by atoms with E-state index in [1.165, 1.54) is 18.4 Å². The molecule has 2 aromatic rings. The summed E-state index contributed by atoms with van der Waals surface area (Å²) in [5.41, 5.74) is 4.25. The summed E-state index contributed by atoms with van der Waals surface area (Å²) < 4.78 is 28.4. The van der Waals surface area contributed by atoms with Gasteiger partial charge >= 0.3 is 0 Å². The van der Waals surface area contributed by atoms with E-state index in [0.29, 0.717) is 0 Å². The number of imidazole rings is 1. The van der Waals surface area contributed by atoms with E-state index in [1.54, 1.807) is 0 Å². The van der Waals surface area contributed by atoms with E-state index >= 15 is 0 Å². The normalized spacial score (nSPS) is 12.1. The van der Waals surface area contributed by atoms with Gasteiger partial charge in [-0.1, -0.05) is 0 Å². The van der Waals surface area contributed by atoms with Crippen LogP contribution in [0.25, 0.3) is 11.0 Å². The molecule has 0 saturated heterocycles. The molecule has 0 spiro atoms. The third-order valence-corrected chi connectivity index (χ3v) is 3.27. The summed E-state index contributed by atoms with van der Waals surface area (Å²) in [6, 6.07) is 1.83. The van der Waals surface area contributed by atoms with E-state index in [0.717, 1.165) is 12.1 Å². The highest BCUT2D eigenvalue weighted by Crippen LogP contribution is 2.28. The van der Waals surface area contributed by atoms with Crippen LogP contribution in [-0.2, 0) is 16.2 Å². The molecule has 1 heterocycles. The Balaban J connectivity index is 2.89. The SMILES string of the molecule is CC(C)(C(N)=O)n1c(CCl)nc2c(F)cc(F)cc21. The van der Waals surface area contributed by atoms with Crippen LogP contribution in [0.3, 0.4) is 0 Å². The lowest BCUT2D eigenvalue weighted by Gasteiger charge is -2.25. The van der Waals surface area contributed by atoms with Crippen LogP contribution in [0.1, 0.15) is 19.7 Å². The minimum absolute atomic E-state index is 0.0358. The molecule has 2 N–H and O–H groups in total. The average Bonchev–Trinajstić information content (AvgIpc) is 2.67. The van der Waals surface area contributed by atoms with Gasteiger partial charge in [0.1, 0.15) is 22.7 Å². The van der Waals surface area contributed by atoms with Gasteiger partial charge in [0.2, 0.25) is 5.91 Å². The highest BCUT2D eigenvalue weighted by Gasteiger charge is 2.32. The zero-order valence-corrected chi connectivity index (χ0v) is 11.1. The predicted molar refractivity (Wildman–Crippen MR) is 67.7 cm³/mol. The number of nitrogens with two attached hydrogens (primary N) is 1. The topological polar surface area (TPSA) is 60.9 Å². The highest BCUT2D eigenvalue weighted by molar-refractivity contribution is 6.17. The Labute approximate surface area is 113 Å². The number of halogens is 3. The van der Waals surface area contributed by atoms with Crippen LogP contribution in [0, 0.1) is 11.6 Å². The van der Waals surface area contributed by atoms with Crippen LogP contribution in [0.2, 0.25) is 0 Å². The van der Waals surface area contributed by atoms with Gasteiger partial charge in [0.05, 0.1) is 11.4 Å². The second kappa shape index (κ2) is 4.45. The van der Waals surface area contributed by atoms with Crippen molar-refractivity contribution >= 4 is 28.5 Å². The molecule has 7 heteroatoms. The van der Waals surface area contributed by atoms with Crippen molar-refractivity contribution in [3.05, 3.63) is 29.6 Å². The Hall–Kier alpha value is -1.69. The number of hydrogen-bond acceptors (Lipinski definition) is 2. The smallest absolute Gasteiger partial charge is 0.243 e. The maximum absolute atomic E-state index is 13.7. The lowest BCUT2D eigenvalue weighted by Crippen LogP contribution is -2.41. The monoisotopic (exact) mass is 287 g/mol. The third kappa shape index (κ3) is 2.06. The number of benzene rings is 1. The Kier molecular flexibility index (Phi) is 3.22. The number of nitrogens with zero attached hydrogens (tertiary/aromatic N) is 2. The summed E-state index contributed by atoms with van der Waals surface area (Å²) in [5.74, 6) is -2.01. The zero-order valence-electron chi connectivity index (χ0n) is 10.4. The molecule has 2 rings (SSSR count). The zero-order chi connectivity index (χ0) is 14.4. The number of hydrogen-bond donors (Lipinski definition) is 1. The molecule has 1 aromatic carbocycles. The first kappa shape index (κ1) is 13.7. The lowest BCUT2D eigenvalue weighted by molar-refractivity contribution is -0.125. The molecule has 0 radical (unpaired) electrons. The second-order valence-corrected chi connectivity index (χ2v) is 4.94. The standard InChI is InChI=1S/C12H12ClF2N3O/c1-12(2,11(16)19)18-8-4-6(14)3-7(15)10(8)17-9(18)5-13/h3-4H,5H2,1-2H3,(H2,16,19). The van der Waals surface area contributed by atoms with Crippen molar-refractivity contribution in [2.24, 2.45) is 5.73 Å². The number of fused-ring (bicyclic) bond motifs is 1. The first-order valence-corrected chi connectivity index (χ1v) is 6.05. The van der Waals surface area contributed by atoms with Crippen LogP contribution >= 0.6 is 11.6 Å². The van der Waals surface area contributed by atoms with Crippen molar-refractivity contribution in [1.29, 1.82) is 0 Å². The Morgan fingerprint density at radius 2 is 2.11 bits per heavy atom. The predicted octanol–water partition coefficient (Wildman–Crippen LogP) is 2.27. The Morgan fingerprint density at radius 1 is 1.47 bits per heavy atom. The summed E-state index contributed by atoms with van der Waals surface area (Å²) in [4.78, 5) is 15.5. The highest BCUT2D eigenvalue weighted by atomic mass is 35.5. The van der Waals surface area contributed by atoms with Gasteiger partial charge in [0.25, 0.3) is 0 Å². The molecule has 0 saturated carbocycles. The maximum atomic E-state index is 13.7. The largest absolute Gasteiger partial charge is 0.368 e. The molecule has 0 unspecified atom stereocenters. The maximum Gasteiger partial charge on any atom is 0.243 e. The molecule has 0 bridgehead atoms. The summed E-state index contributed by atoms with van der Waals surface area (Å²) >= 11 is 5.75. The van der Waals surface area contributed by atoms with E-state index < -0.39 is 23.1 Å². The summed E-state index contributed by atoms with van der Waals surface area (Å²) in [6.07, 6.45) is 0. The minimum Gasteiger partial charge on any atom is -0.368 e. The number of carbonyl (C=O) groups is 1. The van der Waals surface area contributed by atoms with Crippen LogP contribution in [0.4, 0.5) is 8.78 Å². The van der Waals surface area contributed by atoms with Crippen molar-refractivity contribution in [2.75, 3.05) is 0 Å². The van der Waals surface area contributed by atoms with Crippen molar-refractivity contribution in [2.45, 2.75) is 25.3 Å². The third-order valence-electron chi connectivity index (χ3n) is 3.03. The van der Waals surface area contributed by atoms with Crippen molar-refractivity contribution in [1.82, 2.24) is 9.55 Å². The molecule has 1 amide bonds. The molecule has 0 atom stereocenters. The first-order chi connectivity index (χ1) is 8.78. The van der Waals surface area contributed by atoms with Crippen LogP contribution in [0.5, 0.6) is 0 Å². The van der Waals surface area contributed by atoms with E-state index in [4.69, 9.17) is 17.3 Å². The van der Waals surface area contributed by atoms with E-state index in [2.05, 4.69) is 4.98 Å². The molecule has 0 fully saturated rings. The molecule has 1 aromatic heterocycles. The fourth-order valence-corrected chi connectivity index (χ4v) is 2.15. The van der Waals surface area contributed by atoms with Gasteiger partial charge in [0, 0.05) is 12.1 Å². The fourth-order valence-electron chi connectivity index (χ4n) is 1.98. The van der Waals surface area contributed by atoms with Gasteiger partial charge in [0.15, 0.2) is 5.82 Å². The molecular weight excluding hydrogens is 276 g/mol. The first-order valence-electron chi connectivity index (χ1n) is 5.51. The van der Waals surface area contributed by atoms with Crippen molar-refractivity contribution in [3.8, 4) is 0 Å². The molecule has 102 valence electrons. The number of aromatic nitrogens is 2. The van der Waals surface area contributed by atoms with Gasteiger partial charge in [-0.15, -0.1) is 11.6 Å². The van der Waals surface area contributed by atoms with Gasteiger partial charge in [-0.25, -0.2) is 13.8 Å². The van der Waals surface area contributed by atoms with Crippen LogP contribution in [-0.4, -0.2) is 15.5 Å². The number of amides is 1. The van der Waals surface area contributed by atoms with Gasteiger partial charge in [-0.05, 0) is 13.8 Å². The van der Waals surface area contributed by atoms with Crippen LogP contribution in [0.15, 0.2) is 12.1 Å². The number of alkyl halides is 1. The molecule has 19 heavy (non-hydrogen) atoms. The second-order valence-electron chi connectivity index (χ2n) is 4.68. The molecule has 0 aliphatic carbocycles. The average molecular weight is 288 g/mol. The van der Waals surface area contributed by atoms with Gasteiger partial charge in [-0.2, -0.15) is 0 Å².